The molecule has 3 nitrogen and oxygen atoms in total. The molecule has 0 spiro atoms. The minimum absolute atomic E-state index is 0.407. The highest BCUT2D eigenvalue weighted by atomic mass is 16.3. The molecular formula is C17H26N2O. The highest BCUT2D eigenvalue weighted by molar-refractivity contribution is 5.38. The van der Waals surface area contributed by atoms with Gasteiger partial charge in [-0.2, -0.15) is 0 Å². The third-order valence-corrected chi connectivity index (χ3v) is 5.08. The lowest BCUT2D eigenvalue weighted by atomic mass is 9.85. The monoisotopic (exact) mass is 274 g/mol. The first-order chi connectivity index (χ1) is 9.65. The maximum absolute atomic E-state index is 9.68. The molecule has 1 aliphatic carbocycles. The van der Waals surface area contributed by atoms with Crippen molar-refractivity contribution < 1.29 is 5.11 Å². The molecule has 1 N–H and O–H groups in total. The molecule has 0 saturated carbocycles. The maximum Gasteiger partial charge on any atom is 0.115 e. The maximum atomic E-state index is 9.68. The molecule has 1 aromatic carbocycles. The summed E-state index contributed by atoms with van der Waals surface area (Å²) in [5.41, 5.74) is 2.78. The molecule has 20 heavy (non-hydrogen) atoms. The first-order valence-electron chi connectivity index (χ1n) is 7.87. The number of aryl methyl sites for hydroxylation is 1. The van der Waals surface area contributed by atoms with Crippen molar-refractivity contribution in [3.8, 4) is 5.75 Å². The van der Waals surface area contributed by atoms with Crippen LogP contribution in [0.3, 0.4) is 0 Å². The molecule has 1 aromatic rings. The summed E-state index contributed by atoms with van der Waals surface area (Å²) in [6.07, 6.45) is 6.20. The largest absolute Gasteiger partial charge is 0.508 e. The lowest BCUT2D eigenvalue weighted by molar-refractivity contribution is 0.0906. The number of hydrogen-bond donors (Lipinski definition) is 1. The number of benzene rings is 1. The van der Waals surface area contributed by atoms with Crippen LogP contribution in [0, 0.1) is 0 Å². The number of phenolic OH excluding ortho intramolecular Hbond substituents is 1. The van der Waals surface area contributed by atoms with Gasteiger partial charge < -0.3 is 10.0 Å². The highest BCUT2D eigenvalue weighted by Crippen LogP contribution is 2.37. The Hall–Kier alpha value is -1.06. The van der Waals surface area contributed by atoms with E-state index in [1.54, 1.807) is 0 Å². The second-order valence-electron chi connectivity index (χ2n) is 6.51. The van der Waals surface area contributed by atoms with E-state index in [2.05, 4.69) is 30.0 Å². The standard InChI is InChI=1S/C17H26N2O/c1-18-10-4-6-14(12-18)19(2)17-7-3-5-13-11-15(20)8-9-16(13)17/h8-9,11,14,17,20H,3-7,10,12H2,1-2H3. The summed E-state index contributed by atoms with van der Waals surface area (Å²) in [7, 11) is 4.52. The van der Waals surface area contributed by atoms with Crippen LogP contribution in [0.15, 0.2) is 18.2 Å². The summed E-state index contributed by atoms with van der Waals surface area (Å²) in [6.45, 7) is 2.42. The van der Waals surface area contributed by atoms with E-state index in [9.17, 15) is 5.11 Å². The molecule has 0 radical (unpaired) electrons. The van der Waals surface area contributed by atoms with Gasteiger partial charge in [0.15, 0.2) is 0 Å². The van der Waals surface area contributed by atoms with E-state index in [-0.39, 0.29) is 0 Å². The Labute approximate surface area is 122 Å². The van der Waals surface area contributed by atoms with Crippen molar-refractivity contribution in [2.24, 2.45) is 0 Å². The fourth-order valence-corrected chi connectivity index (χ4v) is 3.92. The van der Waals surface area contributed by atoms with Crippen molar-refractivity contribution >= 4 is 0 Å². The van der Waals surface area contributed by atoms with Gasteiger partial charge in [-0.3, -0.25) is 4.90 Å². The Morgan fingerprint density at radius 3 is 2.90 bits per heavy atom. The molecule has 110 valence electrons. The molecule has 0 aromatic heterocycles. The summed E-state index contributed by atoms with van der Waals surface area (Å²) in [4.78, 5) is 5.04. The summed E-state index contributed by atoms with van der Waals surface area (Å²) >= 11 is 0. The number of fused-ring (bicyclic) bond motifs is 1. The van der Waals surface area contributed by atoms with E-state index in [1.807, 2.05) is 12.1 Å². The molecule has 2 aliphatic rings. The average Bonchev–Trinajstić information content (AvgIpc) is 2.45. The molecule has 1 aliphatic heterocycles. The summed E-state index contributed by atoms with van der Waals surface area (Å²) in [5.74, 6) is 0.407. The van der Waals surface area contributed by atoms with E-state index < -0.39 is 0 Å². The van der Waals surface area contributed by atoms with Crippen molar-refractivity contribution in [2.45, 2.75) is 44.2 Å². The Morgan fingerprint density at radius 1 is 1.25 bits per heavy atom. The highest BCUT2D eigenvalue weighted by Gasteiger charge is 2.30. The van der Waals surface area contributed by atoms with E-state index in [4.69, 9.17) is 0 Å². The second-order valence-corrected chi connectivity index (χ2v) is 6.51. The Bertz CT molecular complexity index is 474. The molecule has 2 atom stereocenters. The molecule has 1 fully saturated rings. The van der Waals surface area contributed by atoms with Gasteiger partial charge in [-0.25, -0.2) is 0 Å². The molecule has 0 bridgehead atoms. The zero-order valence-corrected chi connectivity index (χ0v) is 12.7. The minimum Gasteiger partial charge on any atom is -0.508 e. The molecule has 0 amide bonds. The summed E-state index contributed by atoms with van der Waals surface area (Å²) in [6, 6.07) is 7.13. The first-order valence-corrected chi connectivity index (χ1v) is 7.87. The fraction of sp³-hybridized carbons (Fsp3) is 0.647. The van der Waals surface area contributed by atoms with Gasteiger partial charge >= 0.3 is 0 Å². The molecule has 3 rings (SSSR count). The minimum atomic E-state index is 0.407. The average molecular weight is 274 g/mol. The van der Waals surface area contributed by atoms with Crippen LogP contribution in [0.4, 0.5) is 0 Å². The number of likely N-dealkylation sites (N-methyl/N-ethyl adjacent to an activating group) is 2. The number of hydrogen-bond acceptors (Lipinski definition) is 3. The molecule has 1 saturated heterocycles. The van der Waals surface area contributed by atoms with Crippen LogP contribution in [0.25, 0.3) is 0 Å². The van der Waals surface area contributed by atoms with Gasteiger partial charge in [0.2, 0.25) is 0 Å². The second kappa shape index (κ2) is 5.74. The van der Waals surface area contributed by atoms with Crippen molar-refractivity contribution in [1.29, 1.82) is 0 Å². The van der Waals surface area contributed by atoms with Gasteiger partial charge in [0, 0.05) is 18.6 Å². The van der Waals surface area contributed by atoms with E-state index in [0.29, 0.717) is 17.8 Å². The van der Waals surface area contributed by atoms with Crippen molar-refractivity contribution in [3.63, 3.8) is 0 Å². The first kappa shape index (κ1) is 13.9. The van der Waals surface area contributed by atoms with Crippen LogP contribution in [0.5, 0.6) is 5.75 Å². The predicted molar refractivity (Wildman–Crippen MR) is 82.1 cm³/mol. The Morgan fingerprint density at radius 2 is 2.10 bits per heavy atom. The van der Waals surface area contributed by atoms with Crippen molar-refractivity contribution in [1.82, 2.24) is 9.80 Å². The fourth-order valence-electron chi connectivity index (χ4n) is 3.92. The molecule has 3 heteroatoms. The van der Waals surface area contributed by atoms with E-state index in [0.717, 1.165) is 6.42 Å². The summed E-state index contributed by atoms with van der Waals surface area (Å²) in [5, 5.41) is 9.68. The zero-order chi connectivity index (χ0) is 14.1. The number of phenols is 1. The predicted octanol–water partition coefficient (Wildman–Crippen LogP) is 2.80. The third-order valence-electron chi connectivity index (χ3n) is 5.08. The van der Waals surface area contributed by atoms with Gasteiger partial charge in [-0.05, 0) is 76.0 Å². The number of rotatable bonds is 2. The number of nitrogens with zero attached hydrogens (tertiary/aromatic N) is 2. The quantitative estimate of drug-likeness (QED) is 0.898. The van der Waals surface area contributed by atoms with Crippen LogP contribution in [-0.4, -0.2) is 48.1 Å². The topological polar surface area (TPSA) is 26.7 Å². The van der Waals surface area contributed by atoms with Crippen molar-refractivity contribution in [3.05, 3.63) is 29.3 Å². The molecular weight excluding hydrogens is 248 g/mol. The van der Waals surface area contributed by atoms with Gasteiger partial charge in [-0.15, -0.1) is 0 Å². The molecule has 1 heterocycles. The number of likely N-dealkylation sites (tertiary alicyclic amines) is 1. The lowest BCUT2D eigenvalue weighted by Crippen LogP contribution is -2.46. The Kier molecular flexibility index (Phi) is 3.99. The van der Waals surface area contributed by atoms with Gasteiger partial charge in [-0.1, -0.05) is 6.07 Å². The number of aromatic hydroxyl groups is 1. The van der Waals surface area contributed by atoms with E-state index >= 15 is 0 Å². The SMILES string of the molecule is CN1CCCC(N(C)C2CCCc3cc(O)ccc32)C1. The van der Waals surface area contributed by atoms with Crippen LogP contribution in [0.2, 0.25) is 0 Å². The summed E-state index contributed by atoms with van der Waals surface area (Å²) < 4.78 is 0. The van der Waals surface area contributed by atoms with Crippen LogP contribution < -0.4 is 0 Å². The Balaban J connectivity index is 1.81. The van der Waals surface area contributed by atoms with Crippen LogP contribution in [0.1, 0.15) is 42.9 Å². The zero-order valence-electron chi connectivity index (χ0n) is 12.7. The van der Waals surface area contributed by atoms with E-state index in [1.165, 1.54) is 49.9 Å². The molecule has 2 unspecified atom stereocenters. The van der Waals surface area contributed by atoms with Crippen LogP contribution in [-0.2, 0) is 6.42 Å². The van der Waals surface area contributed by atoms with Crippen molar-refractivity contribution in [2.75, 3.05) is 27.2 Å². The van der Waals surface area contributed by atoms with Crippen LogP contribution >= 0.6 is 0 Å². The van der Waals surface area contributed by atoms with Gasteiger partial charge in [0.25, 0.3) is 0 Å². The number of piperidine rings is 1. The lowest BCUT2D eigenvalue weighted by Gasteiger charge is -2.42. The third kappa shape index (κ3) is 2.70. The van der Waals surface area contributed by atoms with Gasteiger partial charge in [0.1, 0.15) is 5.75 Å². The van der Waals surface area contributed by atoms with Gasteiger partial charge in [0.05, 0.1) is 0 Å². The smallest absolute Gasteiger partial charge is 0.115 e. The normalized spacial score (nSPS) is 27.6.